The Morgan fingerprint density at radius 3 is 2.48 bits per heavy atom. The highest BCUT2D eigenvalue weighted by Crippen LogP contribution is 2.29. The highest BCUT2D eigenvalue weighted by atomic mass is 35.5. The minimum Gasteiger partial charge on any atom is -0.497 e. The lowest BCUT2D eigenvalue weighted by Gasteiger charge is -2.21. The number of carbonyl (C=O) groups is 2. The Balaban J connectivity index is 1.85. The summed E-state index contributed by atoms with van der Waals surface area (Å²) in [6, 6.07) is 16.0. The molecule has 0 saturated heterocycles. The number of aromatic nitrogens is 2. The van der Waals surface area contributed by atoms with Gasteiger partial charge in [-0.2, -0.15) is 5.10 Å². The average Bonchev–Trinajstić information content (AvgIpc) is 3.21. The fourth-order valence-electron chi connectivity index (χ4n) is 3.27. The third kappa shape index (κ3) is 5.73. The summed E-state index contributed by atoms with van der Waals surface area (Å²) in [6.45, 7) is 8.24. The van der Waals surface area contributed by atoms with E-state index in [2.05, 4.69) is 10.4 Å². The molecule has 3 aromatic rings. The lowest BCUT2D eigenvalue weighted by Crippen LogP contribution is -2.38. The van der Waals surface area contributed by atoms with Crippen LogP contribution in [-0.2, 0) is 10.2 Å². The molecule has 1 aromatic heterocycles. The van der Waals surface area contributed by atoms with Crippen LogP contribution in [0.1, 0.15) is 43.7 Å². The van der Waals surface area contributed by atoms with Gasteiger partial charge in [0.25, 0.3) is 5.91 Å². The first-order valence-electron chi connectivity index (χ1n) is 10.7. The summed E-state index contributed by atoms with van der Waals surface area (Å²) in [6.07, 6.45) is 0. The van der Waals surface area contributed by atoms with Crippen molar-refractivity contribution in [3.63, 3.8) is 0 Å². The average molecular weight is 469 g/mol. The topological polar surface area (TPSA) is 76.5 Å². The van der Waals surface area contributed by atoms with Crippen molar-refractivity contribution in [2.75, 3.05) is 25.5 Å². The molecule has 0 radical (unpaired) electrons. The number of hydrogen-bond donors (Lipinski definition) is 1. The van der Waals surface area contributed by atoms with Gasteiger partial charge in [-0.15, -0.1) is 0 Å². The molecule has 0 aliphatic carbocycles. The van der Waals surface area contributed by atoms with Crippen molar-refractivity contribution in [1.82, 2.24) is 14.7 Å². The van der Waals surface area contributed by atoms with Gasteiger partial charge in [0.1, 0.15) is 18.1 Å². The number of para-hydroxylation sites is 1. The summed E-state index contributed by atoms with van der Waals surface area (Å²) in [4.78, 5) is 27.4. The summed E-state index contributed by atoms with van der Waals surface area (Å²) in [5.41, 5.74) is 1.69. The standard InChI is InChI=1S/C25H29ClN4O3/c1-6-29(24(32)17-10-9-11-18(14-17)33-5)16-23(31)27-22-15-21(25(2,3)4)28-30(22)20-13-8-7-12-19(20)26/h7-15H,6,16H2,1-5H3,(H,27,31). The van der Waals surface area contributed by atoms with Gasteiger partial charge in [-0.3, -0.25) is 9.59 Å². The Labute approximate surface area is 199 Å². The predicted molar refractivity (Wildman–Crippen MR) is 130 cm³/mol. The van der Waals surface area contributed by atoms with E-state index in [0.29, 0.717) is 34.4 Å². The number of benzene rings is 2. The normalized spacial score (nSPS) is 11.2. The van der Waals surface area contributed by atoms with Crippen molar-refractivity contribution in [3.8, 4) is 11.4 Å². The number of hydrogen-bond acceptors (Lipinski definition) is 4. The largest absolute Gasteiger partial charge is 0.497 e. The van der Waals surface area contributed by atoms with Crippen LogP contribution >= 0.6 is 11.6 Å². The molecular weight excluding hydrogens is 440 g/mol. The Morgan fingerprint density at radius 2 is 1.85 bits per heavy atom. The zero-order valence-electron chi connectivity index (χ0n) is 19.6. The van der Waals surface area contributed by atoms with Crippen LogP contribution in [0.5, 0.6) is 5.75 Å². The molecule has 0 atom stereocenters. The summed E-state index contributed by atoms with van der Waals surface area (Å²) in [7, 11) is 1.54. The van der Waals surface area contributed by atoms with Crippen LogP contribution in [0.4, 0.5) is 5.82 Å². The zero-order chi connectivity index (χ0) is 24.2. The van der Waals surface area contributed by atoms with E-state index in [1.54, 1.807) is 42.1 Å². The fraction of sp³-hybridized carbons (Fsp3) is 0.320. The second kappa shape index (κ2) is 10.1. The number of nitrogens with one attached hydrogen (secondary N) is 1. The Hall–Kier alpha value is -3.32. The highest BCUT2D eigenvalue weighted by molar-refractivity contribution is 6.32. The molecule has 0 fully saturated rings. The number of ether oxygens (including phenoxy) is 1. The van der Waals surface area contributed by atoms with E-state index in [1.807, 2.05) is 52.0 Å². The predicted octanol–water partition coefficient (Wildman–Crippen LogP) is 4.93. The van der Waals surface area contributed by atoms with Crippen molar-refractivity contribution in [2.45, 2.75) is 33.1 Å². The summed E-state index contributed by atoms with van der Waals surface area (Å²) < 4.78 is 6.83. The van der Waals surface area contributed by atoms with E-state index in [9.17, 15) is 9.59 Å². The first-order chi connectivity index (χ1) is 15.6. The Morgan fingerprint density at radius 1 is 1.12 bits per heavy atom. The second-order valence-corrected chi connectivity index (χ2v) is 9.03. The van der Waals surface area contributed by atoms with Crippen LogP contribution in [0.3, 0.4) is 0 Å². The molecule has 0 aliphatic heterocycles. The number of rotatable bonds is 7. The lowest BCUT2D eigenvalue weighted by atomic mass is 9.92. The molecule has 0 aliphatic rings. The van der Waals surface area contributed by atoms with Crippen LogP contribution in [0.2, 0.25) is 5.02 Å². The van der Waals surface area contributed by atoms with Crippen LogP contribution in [0.15, 0.2) is 54.6 Å². The van der Waals surface area contributed by atoms with E-state index in [-0.39, 0.29) is 23.8 Å². The van der Waals surface area contributed by atoms with Crippen molar-refractivity contribution < 1.29 is 14.3 Å². The van der Waals surface area contributed by atoms with Gasteiger partial charge in [-0.05, 0) is 37.3 Å². The third-order valence-corrected chi connectivity index (χ3v) is 5.47. The van der Waals surface area contributed by atoms with E-state index in [1.165, 1.54) is 4.90 Å². The van der Waals surface area contributed by atoms with Crippen LogP contribution in [0, 0.1) is 0 Å². The number of anilines is 1. The first kappa shape index (κ1) is 24.3. The van der Waals surface area contributed by atoms with Crippen LogP contribution in [0.25, 0.3) is 5.69 Å². The molecular formula is C25H29ClN4O3. The van der Waals surface area contributed by atoms with Crippen molar-refractivity contribution in [1.29, 1.82) is 0 Å². The number of carbonyl (C=O) groups excluding carboxylic acids is 2. The van der Waals surface area contributed by atoms with Crippen molar-refractivity contribution >= 4 is 29.2 Å². The van der Waals surface area contributed by atoms with Gasteiger partial charge < -0.3 is 15.0 Å². The van der Waals surface area contributed by atoms with Gasteiger partial charge >= 0.3 is 0 Å². The molecule has 1 heterocycles. The van der Waals surface area contributed by atoms with Gasteiger partial charge in [0, 0.05) is 23.6 Å². The van der Waals surface area contributed by atoms with E-state index in [4.69, 9.17) is 16.3 Å². The van der Waals surface area contributed by atoms with E-state index in [0.717, 1.165) is 5.69 Å². The summed E-state index contributed by atoms with van der Waals surface area (Å²) in [5, 5.41) is 8.11. The van der Waals surface area contributed by atoms with Gasteiger partial charge in [0.2, 0.25) is 5.91 Å². The molecule has 2 aromatic carbocycles. The summed E-state index contributed by atoms with van der Waals surface area (Å²) in [5.74, 6) is 0.492. The molecule has 2 amide bonds. The smallest absolute Gasteiger partial charge is 0.254 e. The molecule has 1 N–H and O–H groups in total. The number of likely N-dealkylation sites (N-methyl/N-ethyl adjacent to an activating group) is 1. The zero-order valence-corrected chi connectivity index (χ0v) is 20.3. The van der Waals surface area contributed by atoms with Gasteiger partial charge in [-0.25, -0.2) is 4.68 Å². The van der Waals surface area contributed by atoms with E-state index >= 15 is 0 Å². The van der Waals surface area contributed by atoms with Crippen LogP contribution in [-0.4, -0.2) is 46.7 Å². The minimum atomic E-state index is -0.332. The first-order valence-corrected chi connectivity index (χ1v) is 11.1. The van der Waals surface area contributed by atoms with Gasteiger partial charge in [0.15, 0.2) is 0 Å². The molecule has 8 heteroatoms. The molecule has 0 spiro atoms. The monoisotopic (exact) mass is 468 g/mol. The van der Waals surface area contributed by atoms with E-state index < -0.39 is 0 Å². The molecule has 7 nitrogen and oxygen atoms in total. The minimum absolute atomic E-state index is 0.106. The van der Waals surface area contributed by atoms with Crippen LogP contribution < -0.4 is 10.1 Å². The number of halogens is 1. The van der Waals surface area contributed by atoms with Gasteiger partial charge in [0.05, 0.1) is 23.5 Å². The fourth-order valence-corrected chi connectivity index (χ4v) is 3.48. The van der Waals surface area contributed by atoms with Crippen molar-refractivity contribution in [2.24, 2.45) is 0 Å². The number of nitrogens with zero attached hydrogens (tertiary/aromatic N) is 3. The Kier molecular flexibility index (Phi) is 7.43. The number of amides is 2. The molecule has 0 saturated carbocycles. The third-order valence-electron chi connectivity index (χ3n) is 5.15. The molecule has 3 rings (SSSR count). The Bertz CT molecular complexity index is 1150. The molecule has 0 bridgehead atoms. The maximum atomic E-state index is 13.0. The second-order valence-electron chi connectivity index (χ2n) is 8.63. The van der Waals surface area contributed by atoms with Gasteiger partial charge in [-0.1, -0.05) is 50.6 Å². The maximum absolute atomic E-state index is 13.0. The molecule has 33 heavy (non-hydrogen) atoms. The number of methoxy groups -OCH3 is 1. The SMILES string of the molecule is CCN(CC(=O)Nc1cc(C(C)(C)C)nn1-c1ccccc1Cl)C(=O)c1cccc(OC)c1. The molecule has 0 unspecified atom stereocenters. The lowest BCUT2D eigenvalue weighted by molar-refractivity contribution is -0.116. The summed E-state index contributed by atoms with van der Waals surface area (Å²) >= 11 is 6.40. The maximum Gasteiger partial charge on any atom is 0.254 e. The quantitative estimate of drug-likeness (QED) is 0.533. The molecule has 174 valence electrons. The highest BCUT2D eigenvalue weighted by Gasteiger charge is 2.24. The van der Waals surface area contributed by atoms with Crippen molar-refractivity contribution in [3.05, 3.63) is 70.9 Å².